The van der Waals surface area contributed by atoms with Crippen molar-refractivity contribution >= 4 is 5.96 Å². The second-order valence-corrected chi connectivity index (χ2v) is 5.62. The fourth-order valence-corrected chi connectivity index (χ4v) is 2.09. The Bertz CT molecular complexity index is 463. The van der Waals surface area contributed by atoms with Crippen LogP contribution in [0.1, 0.15) is 32.6 Å². The zero-order valence-corrected chi connectivity index (χ0v) is 15.8. The highest BCUT2D eigenvalue weighted by Gasteiger charge is 1.98. The Kier molecular flexibility index (Phi) is 12.1. The predicted molar refractivity (Wildman–Crippen MR) is 103 cm³/mol. The van der Waals surface area contributed by atoms with Crippen molar-refractivity contribution in [1.82, 2.24) is 10.6 Å². The lowest BCUT2D eigenvalue weighted by Crippen LogP contribution is -2.38. The van der Waals surface area contributed by atoms with Crippen molar-refractivity contribution in [3.05, 3.63) is 24.3 Å². The number of methoxy groups -OCH3 is 1. The van der Waals surface area contributed by atoms with Gasteiger partial charge in [0.2, 0.25) is 0 Å². The normalized spacial score (nSPS) is 11.2. The summed E-state index contributed by atoms with van der Waals surface area (Å²) in [4.78, 5) is 4.21. The molecule has 1 aromatic rings. The van der Waals surface area contributed by atoms with E-state index in [1.807, 2.05) is 24.3 Å². The summed E-state index contributed by atoms with van der Waals surface area (Å²) in [5, 5.41) is 6.57. The first-order chi connectivity index (χ1) is 12.3. The molecule has 0 spiro atoms. The Labute approximate surface area is 152 Å². The number of nitrogens with zero attached hydrogens (tertiary/aromatic N) is 1. The summed E-state index contributed by atoms with van der Waals surface area (Å²) in [5.41, 5.74) is 0. The average Bonchev–Trinajstić information content (AvgIpc) is 2.65. The van der Waals surface area contributed by atoms with Crippen LogP contribution in [0, 0.1) is 0 Å². The summed E-state index contributed by atoms with van der Waals surface area (Å²) in [6.07, 6.45) is 4.18. The largest absolute Gasteiger partial charge is 0.497 e. The number of unbranched alkanes of at least 4 members (excludes halogenated alkanes) is 1. The summed E-state index contributed by atoms with van der Waals surface area (Å²) in [6.45, 7) is 6.14. The number of ether oxygens (including phenoxy) is 3. The van der Waals surface area contributed by atoms with E-state index in [9.17, 15) is 0 Å². The molecule has 0 bridgehead atoms. The first-order valence-electron chi connectivity index (χ1n) is 9.09. The molecule has 0 aliphatic heterocycles. The van der Waals surface area contributed by atoms with Crippen molar-refractivity contribution in [1.29, 1.82) is 0 Å². The van der Waals surface area contributed by atoms with Gasteiger partial charge in [-0.25, -0.2) is 0 Å². The van der Waals surface area contributed by atoms with Crippen LogP contribution >= 0.6 is 0 Å². The van der Waals surface area contributed by atoms with E-state index < -0.39 is 0 Å². The maximum absolute atomic E-state index is 5.69. The average molecular weight is 351 g/mol. The standard InChI is InChI=1S/C19H33N3O3/c1-4-5-14-24-15-6-12-21-19(20-2)22-13-7-16-25-18-10-8-17(23-3)9-11-18/h8-11H,4-7,12-16H2,1-3H3,(H2,20,21,22). The fraction of sp³-hybridized carbons (Fsp3) is 0.632. The minimum absolute atomic E-state index is 0.654. The molecular formula is C19H33N3O3. The first-order valence-corrected chi connectivity index (χ1v) is 9.09. The summed E-state index contributed by atoms with van der Waals surface area (Å²) >= 11 is 0. The molecule has 0 aliphatic carbocycles. The van der Waals surface area contributed by atoms with Gasteiger partial charge in [0.25, 0.3) is 0 Å². The molecule has 0 aliphatic rings. The molecule has 0 saturated carbocycles. The molecule has 0 unspecified atom stereocenters. The van der Waals surface area contributed by atoms with Crippen LogP contribution in [0.4, 0.5) is 0 Å². The molecule has 142 valence electrons. The van der Waals surface area contributed by atoms with Gasteiger partial charge in [-0.3, -0.25) is 4.99 Å². The van der Waals surface area contributed by atoms with E-state index in [0.29, 0.717) is 6.61 Å². The van der Waals surface area contributed by atoms with E-state index in [4.69, 9.17) is 14.2 Å². The number of benzene rings is 1. The third kappa shape index (κ3) is 10.5. The monoisotopic (exact) mass is 351 g/mol. The second kappa shape index (κ2) is 14.4. The van der Waals surface area contributed by atoms with Gasteiger partial charge in [-0.1, -0.05) is 13.3 Å². The molecule has 6 nitrogen and oxygen atoms in total. The molecule has 0 heterocycles. The lowest BCUT2D eigenvalue weighted by molar-refractivity contribution is 0.129. The molecule has 0 saturated heterocycles. The Morgan fingerprint density at radius 1 is 0.920 bits per heavy atom. The van der Waals surface area contributed by atoms with Crippen LogP contribution in [-0.4, -0.2) is 53.0 Å². The van der Waals surface area contributed by atoms with Gasteiger partial charge in [-0.15, -0.1) is 0 Å². The van der Waals surface area contributed by atoms with Crippen LogP contribution in [0.25, 0.3) is 0 Å². The van der Waals surface area contributed by atoms with Gasteiger partial charge in [-0.2, -0.15) is 0 Å². The van der Waals surface area contributed by atoms with Gasteiger partial charge in [-0.05, 0) is 43.5 Å². The van der Waals surface area contributed by atoms with Gasteiger partial charge in [0.15, 0.2) is 5.96 Å². The second-order valence-electron chi connectivity index (χ2n) is 5.62. The fourth-order valence-electron chi connectivity index (χ4n) is 2.09. The number of hydrogen-bond donors (Lipinski definition) is 2. The smallest absolute Gasteiger partial charge is 0.190 e. The minimum Gasteiger partial charge on any atom is -0.497 e. The number of rotatable bonds is 13. The van der Waals surface area contributed by atoms with Crippen LogP contribution < -0.4 is 20.1 Å². The van der Waals surface area contributed by atoms with Gasteiger partial charge in [0.05, 0.1) is 13.7 Å². The zero-order chi connectivity index (χ0) is 18.2. The maximum atomic E-state index is 5.69. The summed E-state index contributed by atoms with van der Waals surface area (Å²) in [5.74, 6) is 2.50. The molecule has 1 aromatic carbocycles. The summed E-state index contributed by atoms with van der Waals surface area (Å²) < 4.78 is 16.4. The summed E-state index contributed by atoms with van der Waals surface area (Å²) in [6, 6.07) is 7.61. The van der Waals surface area contributed by atoms with Crippen LogP contribution in [-0.2, 0) is 4.74 Å². The zero-order valence-electron chi connectivity index (χ0n) is 15.8. The SMILES string of the molecule is CCCCOCCCNC(=NC)NCCCOc1ccc(OC)cc1. The maximum Gasteiger partial charge on any atom is 0.190 e. The number of nitrogens with one attached hydrogen (secondary N) is 2. The predicted octanol–water partition coefficient (Wildman–Crippen LogP) is 2.84. The van der Waals surface area contributed by atoms with Crippen LogP contribution in [0.15, 0.2) is 29.3 Å². The van der Waals surface area contributed by atoms with Gasteiger partial charge < -0.3 is 24.8 Å². The van der Waals surface area contributed by atoms with E-state index in [0.717, 1.165) is 63.0 Å². The quantitative estimate of drug-likeness (QED) is 0.325. The molecule has 1 rings (SSSR count). The van der Waals surface area contributed by atoms with E-state index in [1.54, 1.807) is 14.2 Å². The van der Waals surface area contributed by atoms with E-state index in [1.165, 1.54) is 6.42 Å². The van der Waals surface area contributed by atoms with Crippen molar-refractivity contribution in [3.63, 3.8) is 0 Å². The number of hydrogen-bond acceptors (Lipinski definition) is 4. The highest BCUT2D eigenvalue weighted by atomic mass is 16.5. The topological polar surface area (TPSA) is 64.1 Å². The Morgan fingerprint density at radius 3 is 2.12 bits per heavy atom. The molecule has 2 N–H and O–H groups in total. The third-order valence-corrected chi connectivity index (χ3v) is 3.57. The van der Waals surface area contributed by atoms with Crippen molar-refractivity contribution in [2.45, 2.75) is 32.6 Å². The Balaban J connectivity index is 2.02. The summed E-state index contributed by atoms with van der Waals surface area (Å²) in [7, 11) is 3.43. The minimum atomic E-state index is 0.654. The van der Waals surface area contributed by atoms with Gasteiger partial charge >= 0.3 is 0 Å². The van der Waals surface area contributed by atoms with E-state index in [-0.39, 0.29) is 0 Å². The molecule has 25 heavy (non-hydrogen) atoms. The molecule has 6 heteroatoms. The van der Waals surface area contributed by atoms with E-state index in [2.05, 4.69) is 22.5 Å². The van der Waals surface area contributed by atoms with Crippen molar-refractivity contribution in [3.8, 4) is 11.5 Å². The van der Waals surface area contributed by atoms with Gasteiger partial charge in [0, 0.05) is 33.4 Å². The van der Waals surface area contributed by atoms with Crippen LogP contribution in [0.5, 0.6) is 11.5 Å². The third-order valence-electron chi connectivity index (χ3n) is 3.57. The van der Waals surface area contributed by atoms with Gasteiger partial charge in [0.1, 0.15) is 11.5 Å². The first kappa shape index (κ1) is 21.1. The number of guanidine groups is 1. The Hall–Kier alpha value is -1.95. The lowest BCUT2D eigenvalue weighted by atomic mass is 10.3. The van der Waals surface area contributed by atoms with Crippen LogP contribution in [0.2, 0.25) is 0 Å². The van der Waals surface area contributed by atoms with Crippen LogP contribution in [0.3, 0.4) is 0 Å². The molecule has 0 radical (unpaired) electrons. The van der Waals surface area contributed by atoms with Crippen molar-refractivity contribution < 1.29 is 14.2 Å². The molecule has 0 atom stereocenters. The number of aliphatic imine (C=N–C) groups is 1. The molecule has 0 amide bonds. The highest BCUT2D eigenvalue weighted by molar-refractivity contribution is 5.79. The van der Waals surface area contributed by atoms with Crippen molar-refractivity contribution in [2.75, 3.05) is 47.1 Å². The molecular weight excluding hydrogens is 318 g/mol. The Morgan fingerprint density at radius 2 is 1.52 bits per heavy atom. The molecule has 0 fully saturated rings. The lowest BCUT2D eigenvalue weighted by Gasteiger charge is -2.12. The van der Waals surface area contributed by atoms with E-state index >= 15 is 0 Å². The van der Waals surface area contributed by atoms with Crippen molar-refractivity contribution in [2.24, 2.45) is 4.99 Å². The molecule has 0 aromatic heterocycles. The highest BCUT2D eigenvalue weighted by Crippen LogP contribution is 2.16.